The normalized spacial score (nSPS) is 14.2. The monoisotopic (exact) mass is 273 g/mol. The lowest BCUT2D eigenvalue weighted by molar-refractivity contribution is 0.0820. The summed E-state index contributed by atoms with van der Waals surface area (Å²) in [6, 6.07) is 0. The highest BCUT2D eigenvalue weighted by Gasteiger charge is 2.26. The molecule has 6 nitrogen and oxygen atoms in total. The summed E-state index contributed by atoms with van der Waals surface area (Å²) in [5.74, 6) is 2.92. The van der Waals surface area contributed by atoms with E-state index < -0.39 is 0 Å². The number of aromatic nitrogens is 2. The third-order valence-electron chi connectivity index (χ3n) is 3.42. The van der Waals surface area contributed by atoms with Gasteiger partial charge in [-0.3, -0.25) is 14.9 Å². The molecule has 0 bridgehead atoms. The molecule has 1 aliphatic heterocycles. The van der Waals surface area contributed by atoms with Crippen molar-refractivity contribution in [1.82, 2.24) is 19.6 Å². The maximum Gasteiger partial charge on any atom is 0.275 e. The van der Waals surface area contributed by atoms with Crippen molar-refractivity contribution >= 4 is 11.7 Å². The van der Waals surface area contributed by atoms with Crippen LogP contribution in [-0.2, 0) is 13.1 Å². The van der Waals surface area contributed by atoms with Crippen molar-refractivity contribution in [1.29, 1.82) is 5.41 Å². The molecule has 0 saturated heterocycles. The Hall–Kier alpha value is -2.29. The SMILES string of the molecule is C#Cc1c(C(=O)N(C)C)nn2c1CN(C(C)=N)CCC2. The van der Waals surface area contributed by atoms with Gasteiger partial charge in [0.2, 0.25) is 0 Å². The number of carbonyl (C=O) groups excluding carboxylic acids is 1. The molecule has 1 aliphatic rings. The van der Waals surface area contributed by atoms with Crippen LogP contribution in [0.25, 0.3) is 0 Å². The fraction of sp³-hybridized carbons (Fsp3) is 0.500. The first-order valence-corrected chi connectivity index (χ1v) is 6.53. The van der Waals surface area contributed by atoms with Crippen molar-refractivity contribution in [2.24, 2.45) is 0 Å². The van der Waals surface area contributed by atoms with Gasteiger partial charge in [-0.15, -0.1) is 6.42 Å². The molecule has 0 radical (unpaired) electrons. The number of hydrogen-bond acceptors (Lipinski definition) is 3. The molecule has 0 fully saturated rings. The first-order valence-electron chi connectivity index (χ1n) is 6.53. The number of nitrogens with zero attached hydrogens (tertiary/aromatic N) is 4. The average molecular weight is 273 g/mol. The molecule has 1 N–H and O–H groups in total. The zero-order chi connectivity index (χ0) is 14.9. The van der Waals surface area contributed by atoms with E-state index in [-0.39, 0.29) is 5.91 Å². The molecule has 2 heterocycles. The summed E-state index contributed by atoms with van der Waals surface area (Å²) in [7, 11) is 3.36. The largest absolute Gasteiger partial charge is 0.355 e. The van der Waals surface area contributed by atoms with E-state index in [1.165, 1.54) is 4.90 Å². The molecule has 20 heavy (non-hydrogen) atoms. The first kappa shape index (κ1) is 14.1. The summed E-state index contributed by atoms with van der Waals surface area (Å²) in [5, 5.41) is 12.2. The number of hydrogen-bond donors (Lipinski definition) is 1. The van der Waals surface area contributed by atoms with Crippen molar-refractivity contribution in [3.63, 3.8) is 0 Å². The molecule has 0 unspecified atom stereocenters. The predicted molar refractivity (Wildman–Crippen MR) is 76.6 cm³/mol. The number of amidine groups is 1. The summed E-state index contributed by atoms with van der Waals surface area (Å²) < 4.78 is 1.81. The summed E-state index contributed by atoms with van der Waals surface area (Å²) in [5.41, 5.74) is 1.73. The van der Waals surface area contributed by atoms with Gasteiger partial charge in [-0.05, 0) is 13.3 Å². The van der Waals surface area contributed by atoms with Gasteiger partial charge in [0.05, 0.1) is 23.6 Å². The van der Waals surface area contributed by atoms with E-state index in [0.717, 1.165) is 18.7 Å². The van der Waals surface area contributed by atoms with Crippen LogP contribution >= 0.6 is 0 Å². The second-order valence-corrected chi connectivity index (χ2v) is 5.10. The lowest BCUT2D eigenvalue weighted by Crippen LogP contribution is -2.28. The quantitative estimate of drug-likeness (QED) is 0.467. The molecule has 0 aliphatic carbocycles. The van der Waals surface area contributed by atoms with Gasteiger partial charge in [0.15, 0.2) is 5.69 Å². The van der Waals surface area contributed by atoms with Crippen molar-refractivity contribution in [2.45, 2.75) is 26.4 Å². The van der Waals surface area contributed by atoms with E-state index in [0.29, 0.717) is 30.2 Å². The zero-order valence-electron chi connectivity index (χ0n) is 12.1. The molecular weight excluding hydrogens is 254 g/mol. The number of amides is 1. The highest BCUT2D eigenvalue weighted by molar-refractivity contribution is 5.94. The van der Waals surface area contributed by atoms with Gasteiger partial charge in [-0.1, -0.05) is 5.92 Å². The van der Waals surface area contributed by atoms with Gasteiger partial charge >= 0.3 is 0 Å². The van der Waals surface area contributed by atoms with Crippen molar-refractivity contribution in [3.8, 4) is 12.3 Å². The Labute approximate surface area is 118 Å². The average Bonchev–Trinajstić information content (AvgIpc) is 2.60. The van der Waals surface area contributed by atoms with Crippen LogP contribution in [0.2, 0.25) is 0 Å². The molecule has 0 aromatic carbocycles. The van der Waals surface area contributed by atoms with Crippen molar-refractivity contribution in [3.05, 3.63) is 17.0 Å². The smallest absolute Gasteiger partial charge is 0.275 e. The second-order valence-electron chi connectivity index (χ2n) is 5.10. The Bertz CT molecular complexity index is 593. The highest BCUT2D eigenvalue weighted by Crippen LogP contribution is 2.20. The van der Waals surface area contributed by atoms with E-state index in [2.05, 4.69) is 11.0 Å². The summed E-state index contributed by atoms with van der Waals surface area (Å²) in [6.07, 6.45) is 6.46. The summed E-state index contributed by atoms with van der Waals surface area (Å²) in [6.45, 7) is 3.81. The van der Waals surface area contributed by atoms with E-state index >= 15 is 0 Å². The topological polar surface area (TPSA) is 65.2 Å². The van der Waals surface area contributed by atoms with Gasteiger partial charge in [-0.2, -0.15) is 5.10 Å². The second kappa shape index (κ2) is 5.37. The van der Waals surface area contributed by atoms with Crippen molar-refractivity contribution in [2.75, 3.05) is 20.6 Å². The standard InChI is InChI=1S/C14H19N5O/c1-5-11-12-9-18(10(2)15)7-6-8-19(12)16-13(11)14(20)17(3)4/h1,15H,6-9H2,2-4H3. The molecule has 6 heteroatoms. The third kappa shape index (κ3) is 2.39. The van der Waals surface area contributed by atoms with Crippen LogP contribution in [0.5, 0.6) is 0 Å². The van der Waals surface area contributed by atoms with Crippen LogP contribution in [-0.4, -0.2) is 52.0 Å². The van der Waals surface area contributed by atoms with Crippen molar-refractivity contribution < 1.29 is 4.79 Å². The van der Waals surface area contributed by atoms with Gasteiger partial charge in [0.25, 0.3) is 5.91 Å². The first-order chi connectivity index (χ1) is 9.45. The maximum atomic E-state index is 12.1. The third-order valence-corrected chi connectivity index (χ3v) is 3.42. The van der Waals surface area contributed by atoms with Crippen LogP contribution < -0.4 is 0 Å². The molecule has 1 amide bonds. The fourth-order valence-electron chi connectivity index (χ4n) is 2.31. The van der Waals surface area contributed by atoms with Gasteiger partial charge in [-0.25, -0.2) is 0 Å². The number of fused-ring (bicyclic) bond motifs is 1. The van der Waals surface area contributed by atoms with Gasteiger partial charge in [0, 0.05) is 27.2 Å². The van der Waals surface area contributed by atoms with Crippen LogP contribution in [0.15, 0.2) is 0 Å². The fourth-order valence-corrected chi connectivity index (χ4v) is 2.31. The number of nitrogens with one attached hydrogen (secondary N) is 1. The van der Waals surface area contributed by atoms with Crippen LogP contribution in [0.4, 0.5) is 0 Å². The number of carbonyl (C=O) groups is 1. The molecule has 2 rings (SSSR count). The Kier molecular flexibility index (Phi) is 3.79. The minimum atomic E-state index is -0.184. The molecule has 0 saturated carbocycles. The molecule has 0 spiro atoms. The molecule has 106 valence electrons. The Balaban J connectivity index is 2.48. The number of aryl methyl sites for hydroxylation is 1. The van der Waals surface area contributed by atoms with E-state index in [1.54, 1.807) is 21.0 Å². The summed E-state index contributed by atoms with van der Waals surface area (Å²) >= 11 is 0. The Morgan fingerprint density at radius 3 is 2.70 bits per heavy atom. The van der Waals surface area contributed by atoms with Crippen LogP contribution in [0, 0.1) is 17.8 Å². The van der Waals surface area contributed by atoms with E-state index in [9.17, 15) is 4.79 Å². The molecule has 1 aromatic heterocycles. The summed E-state index contributed by atoms with van der Waals surface area (Å²) in [4.78, 5) is 15.6. The van der Waals surface area contributed by atoms with E-state index in [1.807, 2.05) is 9.58 Å². The highest BCUT2D eigenvalue weighted by atomic mass is 16.2. The number of rotatable bonds is 1. The van der Waals surface area contributed by atoms with Crippen LogP contribution in [0.3, 0.4) is 0 Å². The Morgan fingerprint density at radius 2 is 2.15 bits per heavy atom. The zero-order valence-corrected chi connectivity index (χ0v) is 12.1. The molecule has 0 atom stereocenters. The Morgan fingerprint density at radius 1 is 1.45 bits per heavy atom. The lowest BCUT2D eigenvalue weighted by Gasteiger charge is -2.20. The lowest BCUT2D eigenvalue weighted by atomic mass is 10.1. The van der Waals surface area contributed by atoms with Gasteiger partial charge < -0.3 is 9.80 Å². The number of terminal acetylenes is 1. The minimum absolute atomic E-state index is 0.184. The predicted octanol–water partition coefficient (Wildman–Crippen LogP) is 0.769. The molecule has 1 aromatic rings. The van der Waals surface area contributed by atoms with E-state index in [4.69, 9.17) is 11.8 Å². The van der Waals surface area contributed by atoms with Gasteiger partial charge in [0.1, 0.15) is 0 Å². The van der Waals surface area contributed by atoms with Crippen LogP contribution in [0.1, 0.15) is 35.1 Å². The molecular formula is C14H19N5O. The maximum absolute atomic E-state index is 12.1. The minimum Gasteiger partial charge on any atom is -0.355 e.